The van der Waals surface area contributed by atoms with E-state index >= 15 is 0 Å². The highest BCUT2D eigenvalue weighted by molar-refractivity contribution is 8.00. The average Bonchev–Trinajstić information content (AvgIpc) is 2.86. The van der Waals surface area contributed by atoms with Crippen molar-refractivity contribution in [1.82, 2.24) is 20.1 Å². The number of halogens is 1. The molecule has 1 aromatic heterocycles. The maximum absolute atomic E-state index is 12.1. The number of nitrogens with zero attached hydrogens (tertiary/aromatic N) is 3. The van der Waals surface area contributed by atoms with Gasteiger partial charge in [0.1, 0.15) is 0 Å². The lowest BCUT2D eigenvalue weighted by atomic mass is 10.2. The Morgan fingerprint density at radius 2 is 2.00 bits per heavy atom. The second-order valence-corrected chi connectivity index (χ2v) is 7.46. The topological polar surface area (TPSA) is 59.8 Å². The van der Waals surface area contributed by atoms with Gasteiger partial charge in [0.2, 0.25) is 5.91 Å². The van der Waals surface area contributed by atoms with Crippen molar-refractivity contribution in [3.8, 4) is 11.4 Å². The van der Waals surface area contributed by atoms with Gasteiger partial charge >= 0.3 is 0 Å². The van der Waals surface area contributed by atoms with Crippen LogP contribution in [0.4, 0.5) is 0 Å². The molecule has 1 aromatic carbocycles. The molecule has 0 bridgehead atoms. The number of amides is 1. The van der Waals surface area contributed by atoms with Gasteiger partial charge in [-0.25, -0.2) is 0 Å². The van der Waals surface area contributed by atoms with E-state index in [2.05, 4.69) is 29.4 Å². The summed E-state index contributed by atoms with van der Waals surface area (Å²) in [5.74, 6) is 1.12. The Hall–Kier alpha value is -1.53. The fourth-order valence-electron chi connectivity index (χ4n) is 1.95. The van der Waals surface area contributed by atoms with Crippen molar-refractivity contribution in [2.24, 2.45) is 13.0 Å². The maximum atomic E-state index is 12.1. The van der Waals surface area contributed by atoms with Crippen LogP contribution in [-0.2, 0) is 11.8 Å². The zero-order chi connectivity index (χ0) is 17.0. The second kappa shape index (κ2) is 7.84. The fourth-order valence-corrected chi connectivity index (χ4v) is 3.01. The molecule has 0 fully saturated rings. The summed E-state index contributed by atoms with van der Waals surface area (Å²) >= 11 is 7.60. The van der Waals surface area contributed by atoms with Crippen molar-refractivity contribution in [3.05, 3.63) is 29.3 Å². The van der Waals surface area contributed by atoms with Crippen LogP contribution >= 0.6 is 23.4 Å². The highest BCUT2D eigenvalue weighted by Gasteiger charge is 2.20. The Morgan fingerprint density at radius 1 is 1.30 bits per heavy atom. The third-order valence-electron chi connectivity index (χ3n) is 3.29. The Labute approximate surface area is 145 Å². The van der Waals surface area contributed by atoms with Gasteiger partial charge in [0, 0.05) is 19.2 Å². The minimum Gasteiger partial charge on any atom is -0.355 e. The Balaban J connectivity index is 2.11. The molecule has 0 radical (unpaired) electrons. The lowest BCUT2D eigenvalue weighted by Crippen LogP contribution is -2.33. The van der Waals surface area contributed by atoms with Crippen molar-refractivity contribution in [1.29, 1.82) is 0 Å². The van der Waals surface area contributed by atoms with Crippen LogP contribution in [-0.4, -0.2) is 32.5 Å². The van der Waals surface area contributed by atoms with Gasteiger partial charge in [-0.2, -0.15) is 0 Å². The predicted octanol–water partition coefficient (Wildman–Crippen LogP) is 3.39. The van der Waals surface area contributed by atoms with Gasteiger partial charge in [0.05, 0.1) is 10.3 Å². The first kappa shape index (κ1) is 17.8. The van der Waals surface area contributed by atoms with E-state index in [1.807, 2.05) is 42.8 Å². The van der Waals surface area contributed by atoms with Crippen LogP contribution in [0.2, 0.25) is 5.02 Å². The molecule has 23 heavy (non-hydrogen) atoms. The third kappa shape index (κ3) is 4.48. The largest absolute Gasteiger partial charge is 0.355 e. The number of thioether (sulfide) groups is 1. The molecular formula is C16H21ClN4OS. The molecule has 0 spiro atoms. The number of carbonyl (C=O) groups is 1. The van der Waals surface area contributed by atoms with E-state index in [1.165, 1.54) is 11.8 Å². The average molecular weight is 353 g/mol. The van der Waals surface area contributed by atoms with Crippen LogP contribution in [0, 0.1) is 5.92 Å². The van der Waals surface area contributed by atoms with Gasteiger partial charge in [-0.1, -0.05) is 49.3 Å². The summed E-state index contributed by atoms with van der Waals surface area (Å²) in [6.45, 7) is 6.67. The van der Waals surface area contributed by atoms with Crippen LogP contribution in [0.25, 0.3) is 11.4 Å². The fraction of sp³-hybridized carbons (Fsp3) is 0.438. The molecule has 0 unspecified atom stereocenters. The number of rotatable bonds is 6. The monoisotopic (exact) mass is 352 g/mol. The molecule has 0 saturated carbocycles. The first-order valence-corrected chi connectivity index (χ1v) is 8.74. The molecule has 7 heteroatoms. The number of aromatic nitrogens is 3. The number of hydrogen-bond acceptors (Lipinski definition) is 4. The standard InChI is InChI=1S/C16H21ClN4OS/c1-10(2)9-18-15(22)11(3)23-16-20-19-14(21(16)4)12-7-5-6-8-13(12)17/h5-8,10-11H,9H2,1-4H3,(H,18,22)/t11-/m0/s1. The van der Waals surface area contributed by atoms with Crippen LogP contribution in [0.15, 0.2) is 29.4 Å². The van der Waals surface area contributed by atoms with E-state index in [0.717, 1.165) is 5.56 Å². The highest BCUT2D eigenvalue weighted by Crippen LogP contribution is 2.29. The molecule has 0 aliphatic rings. The molecule has 1 N–H and O–H groups in total. The van der Waals surface area contributed by atoms with Crippen molar-refractivity contribution >= 4 is 29.3 Å². The summed E-state index contributed by atoms with van der Waals surface area (Å²) in [6, 6.07) is 7.50. The molecule has 1 heterocycles. The number of carbonyl (C=O) groups excluding carboxylic acids is 1. The molecule has 2 aromatic rings. The Bertz CT molecular complexity index is 686. The normalized spacial score (nSPS) is 12.4. The van der Waals surface area contributed by atoms with Gasteiger partial charge < -0.3 is 9.88 Å². The summed E-state index contributed by atoms with van der Waals surface area (Å²) in [5, 5.41) is 12.4. The minimum atomic E-state index is -0.240. The van der Waals surface area contributed by atoms with Gasteiger partial charge in [0.15, 0.2) is 11.0 Å². The minimum absolute atomic E-state index is 0.00555. The maximum Gasteiger partial charge on any atom is 0.233 e. The molecule has 0 aliphatic carbocycles. The third-order valence-corrected chi connectivity index (χ3v) is 4.75. The van der Waals surface area contributed by atoms with E-state index in [4.69, 9.17) is 11.6 Å². The quantitative estimate of drug-likeness (QED) is 0.809. The smallest absolute Gasteiger partial charge is 0.233 e. The number of benzene rings is 1. The summed E-state index contributed by atoms with van der Waals surface area (Å²) in [4.78, 5) is 12.1. The van der Waals surface area contributed by atoms with E-state index in [9.17, 15) is 4.79 Å². The summed E-state index contributed by atoms with van der Waals surface area (Å²) in [5.41, 5.74) is 0.827. The molecule has 1 amide bonds. The molecule has 5 nitrogen and oxygen atoms in total. The van der Waals surface area contributed by atoms with E-state index in [1.54, 1.807) is 0 Å². The highest BCUT2D eigenvalue weighted by atomic mass is 35.5. The van der Waals surface area contributed by atoms with Gasteiger partial charge in [-0.15, -0.1) is 10.2 Å². The van der Waals surface area contributed by atoms with E-state index in [-0.39, 0.29) is 11.2 Å². The lowest BCUT2D eigenvalue weighted by molar-refractivity contribution is -0.120. The van der Waals surface area contributed by atoms with Crippen molar-refractivity contribution in [2.45, 2.75) is 31.2 Å². The molecule has 1 atom stereocenters. The van der Waals surface area contributed by atoms with Crippen LogP contribution in [0.3, 0.4) is 0 Å². The summed E-state index contributed by atoms with van der Waals surface area (Å²) in [7, 11) is 1.87. The number of nitrogens with one attached hydrogen (secondary N) is 1. The SMILES string of the molecule is CC(C)CNC(=O)[C@H](C)Sc1nnc(-c2ccccc2Cl)n1C. The van der Waals surface area contributed by atoms with E-state index < -0.39 is 0 Å². The van der Waals surface area contributed by atoms with Crippen molar-refractivity contribution < 1.29 is 4.79 Å². The first-order valence-electron chi connectivity index (χ1n) is 7.48. The molecular weight excluding hydrogens is 332 g/mol. The van der Waals surface area contributed by atoms with E-state index in [0.29, 0.717) is 28.5 Å². The van der Waals surface area contributed by atoms with Gasteiger partial charge in [0.25, 0.3) is 0 Å². The Morgan fingerprint density at radius 3 is 2.65 bits per heavy atom. The molecule has 0 saturated heterocycles. The molecule has 0 aliphatic heterocycles. The van der Waals surface area contributed by atoms with Crippen molar-refractivity contribution in [3.63, 3.8) is 0 Å². The summed E-state index contributed by atoms with van der Waals surface area (Å²) in [6.07, 6.45) is 0. The molecule has 124 valence electrons. The number of hydrogen-bond donors (Lipinski definition) is 1. The first-order chi connectivity index (χ1) is 10.9. The van der Waals surface area contributed by atoms with Crippen molar-refractivity contribution in [2.75, 3.05) is 6.54 Å². The van der Waals surface area contributed by atoms with Crippen LogP contribution < -0.4 is 5.32 Å². The zero-order valence-electron chi connectivity index (χ0n) is 13.7. The zero-order valence-corrected chi connectivity index (χ0v) is 15.3. The molecule has 2 rings (SSSR count). The second-order valence-electron chi connectivity index (χ2n) is 5.74. The summed E-state index contributed by atoms with van der Waals surface area (Å²) < 4.78 is 1.86. The lowest BCUT2D eigenvalue weighted by Gasteiger charge is -2.13. The van der Waals surface area contributed by atoms with Gasteiger partial charge in [-0.3, -0.25) is 4.79 Å². The van der Waals surface area contributed by atoms with Crippen LogP contribution in [0.5, 0.6) is 0 Å². The van der Waals surface area contributed by atoms with Gasteiger partial charge in [-0.05, 0) is 25.0 Å². The van der Waals surface area contributed by atoms with Crippen LogP contribution in [0.1, 0.15) is 20.8 Å². The predicted molar refractivity (Wildman–Crippen MR) is 94.6 cm³/mol. The Kier molecular flexibility index (Phi) is 6.07.